The van der Waals surface area contributed by atoms with Gasteiger partial charge in [-0.25, -0.2) is 4.98 Å². The molecule has 1 amide bonds. The van der Waals surface area contributed by atoms with Crippen LogP contribution in [0.15, 0.2) is 48.8 Å². The number of halogens is 1. The zero-order chi connectivity index (χ0) is 18.1. The van der Waals surface area contributed by atoms with E-state index < -0.39 is 0 Å². The van der Waals surface area contributed by atoms with Gasteiger partial charge in [-0.2, -0.15) is 0 Å². The summed E-state index contributed by atoms with van der Waals surface area (Å²) in [6.45, 7) is 1.90. The van der Waals surface area contributed by atoms with Crippen molar-refractivity contribution in [3.63, 3.8) is 0 Å². The highest BCUT2D eigenvalue weighted by molar-refractivity contribution is 6.29. The molecule has 130 valence electrons. The monoisotopic (exact) mass is 364 g/mol. The van der Waals surface area contributed by atoms with Crippen LogP contribution in [0.3, 0.4) is 0 Å². The second-order valence-corrected chi connectivity index (χ2v) is 6.79. The van der Waals surface area contributed by atoms with Gasteiger partial charge in [0.25, 0.3) is 5.91 Å². The molecule has 5 nitrogen and oxygen atoms in total. The van der Waals surface area contributed by atoms with Crippen LogP contribution in [0.2, 0.25) is 5.15 Å². The Hall–Kier alpha value is -2.79. The normalized spacial score (nSPS) is 13.5. The van der Waals surface area contributed by atoms with Crippen molar-refractivity contribution in [2.75, 3.05) is 5.32 Å². The van der Waals surface area contributed by atoms with Gasteiger partial charge in [-0.3, -0.25) is 14.8 Å². The van der Waals surface area contributed by atoms with E-state index in [1.54, 1.807) is 24.5 Å². The number of amides is 1. The van der Waals surface area contributed by atoms with Crippen LogP contribution >= 0.6 is 11.6 Å². The number of carbonyl (C=O) groups is 1. The lowest BCUT2D eigenvalue weighted by atomic mass is 10.1. The van der Waals surface area contributed by atoms with Crippen molar-refractivity contribution in [1.29, 1.82) is 0 Å². The first-order chi connectivity index (χ1) is 12.6. The van der Waals surface area contributed by atoms with Crippen molar-refractivity contribution in [3.05, 3.63) is 70.9 Å². The first kappa shape index (κ1) is 16.7. The number of aromatic nitrogens is 3. The second kappa shape index (κ2) is 6.84. The fourth-order valence-electron chi connectivity index (χ4n) is 2.81. The zero-order valence-electron chi connectivity index (χ0n) is 14.2. The van der Waals surface area contributed by atoms with E-state index in [4.69, 9.17) is 11.6 Å². The maximum atomic E-state index is 12.6. The van der Waals surface area contributed by atoms with Crippen LogP contribution in [0.25, 0.3) is 11.3 Å². The van der Waals surface area contributed by atoms with Crippen LogP contribution in [0.1, 0.15) is 40.5 Å². The number of hydrogen-bond donors (Lipinski definition) is 1. The molecular weight excluding hydrogens is 348 g/mol. The lowest BCUT2D eigenvalue weighted by Gasteiger charge is -2.10. The summed E-state index contributed by atoms with van der Waals surface area (Å²) in [6, 6.07) is 10.9. The van der Waals surface area contributed by atoms with Gasteiger partial charge in [-0.15, -0.1) is 0 Å². The minimum atomic E-state index is -0.176. The molecule has 0 radical (unpaired) electrons. The standard InChI is InChI=1S/C20H17ClN4O/c1-12-16(17-3-2-4-19(21)25-17)10-15(11-23-12)24-20(26)14-7-8-22-18(9-14)13-5-6-13/h2-4,7-11,13H,5-6H2,1H3,(H,24,26). The van der Waals surface area contributed by atoms with E-state index in [-0.39, 0.29) is 5.91 Å². The number of pyridine rings is 3. The Morgan fingerprint density at radius 1 is 1.19 bits per heavy atom. The predicted molar refractivity (Wildman–Crippen MR) is 101 cm³/mol. The Morgan fingerprint density at radius 2 is 2.04 bits per heavy atom. The van der Waals surface area contributed by atoms with Crippen molar-refractivity contribution in [2.24, 2.45) is 0 Å². The molecule has 0 aromatic carbocycles. The Morgan fingerprint density at radius 3 is 2.81 bits per heavy atom. The third-order valence-corrected chi connectivity index (χ3v) is 4.59. The van der Waals surface area contributed by atoms with E-state index in [1.165, 1.54) is 0 Å². The Kier molecular flexibility index (Phi) is 4.39. The van der Waals surface area contributed by atoms with E-state index >= 15 is 0 Å². The molecule has 3 aromatic rings. The minimum absolute atomic E-state index is 0.176. The van der Waals surface area contributed by atoms with Gasteiger partial charge in [-0.05, 0) is 50.1 Å². The number of anilines is 1. The van der Waals surface area contributed by atoms with Crippen LogP contribution in [0.4, 0.5) is 5.69 Å². The Bertz CT molecular complexity index is 985. The van der Waals surface area contributed by atoms with E-state index in [0.29, 0.717) is 22.3 Å². The topological polar surface area (TPSA) is 67.8 Å². The van der Waals surface area contributed by atoms with Crippen molar-refractivity contribution >= 4 is 23.2 Å². The molecule has 6 heteroatoms. The Balaban J connectivity index is 1.59. The molecule has 1 aliphatic carbocycles. The highest BCUT2D eigenvalue weighted by atomic mass is 35.5. The van der Waals surface area contributed by atoms with E-state index in [9.17, 15) is 4.79 Å². The number of nitrogens with one attached hydrogen (secondary N) is 1. The third kappa shape index (κ3) is 3.58. The maximum Gasteiger partial charge on any atom is 0.255 e. The molecule has 0 aliphatic heterocycles. The fraction of sp³-hybridized carbons (Fsp3) is 0.200. The summed E-state index contributed by atoms with van der Waals surface area (Å²) in [7, 11) is 0. The molecule has 3 heterocycles. The van der Waals surface area contributed by atoms with Gasteiger partial charge in [0, 0.05) is 34.6 Å². The smallest absolute Gasteiger partial charge is 0.255 e. The van der Waals surface area contributed by atoms with Crippen LogP contribution in [0.5, 0.6) is 0 Å². The molecular formula is C20H17ClN4O. The molecule has 26 heavy (non-hydrogen) atoms. The average molecular weight is 365 g/mol. The molecule has 1 saturated carbocycles. The van der Waals surface area contributed by atoms with Gasteiger partial charge in [-0.1, -0.05) is 17.7 Å². The summed E-state index contributed by atoms with van der Waals surface area (Å²) in [4.78, 5) is 25.6. The van der Waals surface area contributed by atoms with Gasteiger partial charge in [0.15, 0.2) is 0 Å². The van der Waals surface area contributed by atoms with E-state index in [1.807, 2.05) is 31.2 Å². The van der Waals surface area contributed by atoms with Gasteiger partial charge < -0.3 is 5.32 Å². The fourth-order valence-corrected chi connectivity index (χ4v) is 2.98. The molecule has 4 rings (SSSR count). The molecule has 3 aromatic heterocycles. The summed E-state index contributed by atoms with van der Waals surface area (Å²) >= 11 is 5.99. The summed E-state index contributed by atoms with van der Waals surface area (Å²) in [5.41, 5.74) is 4.57. The zero-order valence-corrected chi connectivity index (χ0v) is 15.0. The molecule has 1 fully saturated rings. The van der Waals surface area contributed by atoms with Gasteiger partial charge in [0.1, 0.15) is 5.15 Å². The number of nitrogens with zero attached hydrogens (tertiary/aromatic N) is 3. The van der Waals surface area contributed by atoms with Crippen molar-refractivity contribution < 1.29 is 4.79 Å². The largest absolute Gasteiger partial charge is 0.321 e. The summed E-state index contributed by atoms with van der Waals surface area (Å²) in [6.07, 6.45) is 5.63. The lowest BCUT2D eigenvalue weighted by molar-refractivity contribution is 0.102. The van der Waals surface area contributed by atoms with E-state index in [0.717, 1.165) is 35.5 Å². The minimum Gasteiger partial charge on any atom is -0.321 e. The molecule has 0 atom stereocenters. The first-order valence-electron chi connectivity index (χ1n) is 8.47. The van der Waals surface area contributed by atoms with Crippen molar-refractivity contribution in [1.82, 2.24) is 15.0 Å². The summed E-state index contributed by atoms with van der Waals surface area (Å²) in [5.74, 6) is 0.328. The maximum absolute atomic E-state index is 12.6. The molecule has 1 N–H and O–H groups in total. The third-order valence-electron chi connectivity index (χ3n) is 4.37. The van der Waals surface area contributed by atoms with E-state index in [2.05, 4.69) is 20.3 Å². The van der Waals surface area contributed by atoms with Crippen LogP contribution < -0.4 is 5.32 Å². The summed E-state index contributed by atoms with van der Waals surface area (Å²) < 4.78 is 0. The highest BCUT2D eigenvalue weighted by Gasteiger charge is 2.25. The number of carbonyl (C=O) groups excluding carboxylic acids is 1. The van der Waals surface area contributed by atoms with Gasteiger partial charge in [0.2, 0.25) is 0 Å². The highest BCUT2D eigenvalue weighted by Crippen LogP contribution is 2.39. The van der Waals surface area contributed by atoms with Crippen LogP contribution in [-0.4, -0.2) is 20.9 Å². The molecule has 0 spiro atoms. The lowest BCUT2D eigenvalue weighted by Crippen LogP contribution is -2.13. The summed E-state index contributed by atoms with van der Waals surface area (Å²) in [5, 5.41) is 3.32. The molecule has 0 unspecified atom stereocenters. The second-order valence-electron chi connectivity index (χ2n) is 6.40. The number of aryl methyl sites for hydroxylation is 1. The SMILES string of the molecule is Cc1ncc(NC(=O)c2ccnc(C3CC3)c2)cc1-c1cccc(Cl)n1. The van der Waals surface area contributed by atoms with Crippen LogP contribution in [-0.2, 0) is 0 Å². The average Bonchev–Trinajstić information content (AvgIpc) is 3.48. The quantitative estimate of drug-likeness (QED) is 0.685. The van der Waals surface area contributed by atoms with Crippen LogP contribution in [0, 0.1) is 6.92 Å². The predicted octanol–water partition coefficient (Wildman–Crippen LogP) is 4.63. The van der Waals surface area contributed by atoms with Crippen molar-refractivity contribution in [3.8, 4) is 11.3 Å². The Labute approximate surface area is 156 Å². The molecule has 0 bridgehead atoms. The van der Waals surface area contributed by atoms with Gasteiger partial charge in [0.05, 0.1) is 17.6 Å². The van der Waals surface area contributed by atoms with Crippen molar-refractivity contribution in [2.45, 2.75) is 25.7 Å². The molecule has 1 aliphatic rings. The number of rotatable bonds is 4. The first-order valence-corrected chi connectivity index (χ1v) is 8.85. The number of hydrogen-bond acceptors (Lipinski definition) is 4. The van der Waals surface area contributed by atoms with Gasteiger partial charge >= 0.3 is 0 Å². The molecule has 0 saturated heterocycles.